The van der Waals surface area contributed by atoms with Gasteiger partial charge in [-0.25, -0.2) is 22.4 Å². The minimum atomic E-state index is -1.62. The van der Waals surface area contributed by atoms with Gasteiger partial charge in [0, 0.05) is 11.5 Å². The highest BCUT2D eigenvalue weighted by molar-refractivity contribution is 5.90. The molecule has 3 rings (SSSR count). The van der Waals surface area contributed by atoms with Crippen LogP contribution in [0.1, 0.15) is 43.0 Å². The molecule has 29 heavy (non-hydrogen) atoms. The van der Waals surface area contributed by atoms with Gasteiger partial charge in [0.2, 0.25) is 0 Å². The van der Waals surface area contributed by atoms with Gasteiger partial charge in [-0.15, -0.1) is 0 Å². The Morgan fingerprint density at radius 2 is 1.79 bits per heavy atom. The Morgan fingerprint density at radius 3 is 2.38 bits per heavy atom. The molecule has 1 aliphatic rings. The van der Waals surface area contributed by atoms with Crippen molar-refractivity contribution < 1.29 is 31.8 Å². The maximum atomic E-state index is 14.4. The third-order valence-electron chi connectivity index (χ3n) is 4.99. The van der Waals surface area contributed by atoms with Gasteiger partial charge in [-0.3, -0.25) is 0 Å². The van der Waals surface area contributed by atoms with E-state index in [-0.39, 0.29) is 35.3 Å². The fourth-order valence-electron chi connectivity index (χ4n) is 3.21. The summed E-state index contributed by atoms with van der Waals surface area (Å²) in [6.45, 7) is 2.95. The molecule has 2 unspecified atom stereocenters. The van der Waals surface area contributed by atoms with Crippen LogP contribution in [0.5, 0.6) is 0 Å². The van der Waals surface area contributed by atoms with E-state index in [0.29, 0.717) is 18.7 Å². The standard InChI is InChI=1S/C22H22F4O3/c1-2-3-4-5-14(20-12-28-20)11-29-22(27)13-6-7-16(17(23)8-13)15-9-18(24)21(26)19(25)10-15/h6-10,14,20H,2-5,11-12H2,1H3. The first-order valence-electron chi connectivity index (χ1n) is 9.64. The summed E-state index contributed by atoms with van der Waals surface area (Å²) in [6, 6.07) is 4.85. The lowest BCUT2D eigenvalue weighted by Gasteiger charge is -2.15. The van der Waals surface area contributed by atoms with Crippen molar-refractivity contribution in [2.24, 2.45) is 5.92 Å². The Kier molecular flexibility index (Phi) is 6.90. The number of epoxide rings is 1. The number of benzene rings is 2. The highest BCUT2D eigenvalue weighted by atomic mass is 19.2. The van der Waals surface area contributed by atoms with Crippen LogP contribution in [-0.4, -0.2) is 25.3 Å². The predicted octanol–water partition coefficient (Wildman–Crippen LogP) is 5.66. The maximum absolute atomic E-state index is 14.4. The monoisotopic (exact) mass is 410 g/mol. The number of carbonyl (C=O) groups is 1. The quantitative estimate of drug-likeness (QED) is 0.176. The number of unbranched alkanes of at least 4 members (excludes halogenated alkanes) is 2. The van der Waals surface area contributed by atoms with Crippen molar-refractivity contribution in [1.82, 2.24) is 0 Å². The summed E-state index contributed by atoms with van der Waals surface area (Å²) in [6.07, 6.45) is 4.19. The molecule has 7 heteroatoms. The zero-order valence-electron chi connectivity index (χ0n) is 16.0. The number of carbonyl (C=O) groups excluding carboxylic acids is 1. The van der Waals surface area contributed by atoms with Crippen molar-refractivity contribution in [3.63, 3.8) is 0 Å². The van der Waals surface area contributed by atoms with Crippen LogP contribution in [-0.2, 0) is 9.47 Å². The number of hydrogen-bond acceptors (Lipinski definition) is 3. The van der Waals surface area contributed by atoms with Crippen LogP contribution >= 0.6 is 0 Å². The molecule has 156 valence electrons. The average molecular weight is 410 g/mol. The average Bonchev–Trinajstić information content (AvgIpc) is 3.53. The molecule has 1 fully saturated rings. The summed E-state index contributed by atoms with van der Waals surface area (Å²) in [5, 5.41) is 0. The lowest BCUT2D eigenvalue weighted by atomic mass is 9.99. The van der Waals surface area contributed by atoms with E-state index in [0.717, 1.165) is 31.7 Å². The number of hydrogen-bond donors (Lipinski definition) is 0. The molecular weight excluding hydrogens is 388 g/mol. The number of esters is 1. The lowest BCUT2D eigenvalue weighted by Crippen LogP contribution is -2.19. The molecule has 0 spiro atoms. The lowest BCUT2D eigenvalue weighted by molar-refractivity contribution is 0.0407. The van der Waals surface area contributed by atoms with Gasteiger partial charge in [0.25, 0.3) is 0 Å². The zero-order chi connectivity index (χ0) is 21.0. The van der Waals surface area contributed by atoms with Crippen molar-refractivity contribution in [2.45, 2.75) is 38.7 Å². The summed E-state index contributed by atoms with van der Waals surface area (Å²) in [5.41, 5.74) is -0.331. The largest absolute Gasteiger partial charge is 0.462 e. The summed E-state index contributed by atoms with van der Waals surface area (Å²) in [7, 11) is 0. The first-order chi connectivity index (χ1) is 13.9. The van der Waals surface area contributed by atoms with Crippen LogP contribution in [0.25, 0.3) is 11.1 Å². The van der Waals surface area contributed by atoms with Crippen LogP contribution in [0.2, 0.25) is 0 Å². The van der Waals surface area contributed by atoms with E-state index in [1.165, 1.54) is 12.1 Å². The minimum absolute atomic E-state index is 0.0154. The fourth-order valence-corrected chi connectivity index (χ4v) is 3.21. The summed E-state index contributed by atoms with van der Waals surface area (Å²) in [4.78, 5) is 12.3. The zero-order valence-corrected chi connectivity index (χ0v) is 16.0. The van der Waals surface area contributed by atoms with Gasteiger partial charge in [0.15, 0.2) is 17.5 Å². The molecular formula is C22H22F4O3. The van der Waals surface area contributed by atoms with E-state index < -0.39 is 29.2 Å². The highest BCUT2D eigenvalue weighted by Crippen LogP contribution is 2.28. The minimum Gasteiger partial charge on any atom is -0.462 e. The molecule has 0 saturated carbocycles. The van der Waals surface area contributed by atoms with E-state index in [2.05, 4.69) is 6.92 Å². The summed E-state index contributed by atoms with van der Waals surface area (Å²) in [5.74, 6) is -5.90. The van der Waals surface area contributed by atoms with Gasteiger partial charge < -0.3 is 9.47 Å². The van der Waals surface area contributed by atoms with Crippen molar-refractivity contribution in [1.29, 1.82) is 0 Å². The van der Waals surface area contributed by atoms with Crippen LogP contribution in [0.3, 0.4) is 0 Å². The molecule has 0 N–H and O–H groups in total. The van der Waals surface area contributed by atoms with Crippen molar-refractivity contribution in [2.75, 3.05) is 13.2 Å². The molecule has 1 heterocycles. The Balaban J connectivity index is 1.67. The second-order valence-electron chi connectivity index (χ2n) is 7.17. The Hall–Kier alpha value is -2.41. The van der Waals surface area contributed by atoms with E-state index in [9.17, 15) is 22.4 Å². The van der Waals surface area contributed by atoms with Crippen molar-refractivity contribution >= 4 is 5.97 Å². The second-order valence-corrected chi connectivity index (χ2v) is 7.17. The van der Waals surface area contributed by atoms with Gasteiger partial charge in [0.1, 0.15) is 5.82 Å². The molecule has 2 atom stereocenters. The number of ether oxygens (including phenoxy) is 2. The molecule has 1 aliphatic heterocycles. The molecule has 0 bridgehead atoms. The van der Waals surface area contributed by atoms with E-state index in [1.807, 2.05) is 0 Å². The van der Waals surface area contributed by atoms with Gasteiger partial charge in [-0.05, 0) is 36.2 Å². The fraction of sp³-hybridized carbons (Fsp3) is 0.409. The van der Waals surface area contributed by atoms with Gasteiger partial charge in [-0.1, -0.05) is 32.3 Å². The van der Waals surface area contributed by atoms with Crippen molar-refractivity contribution in [3.05, 3.63) is 59.2 Å². The van der Waals surface area contributed by atoms with Crippen LogP contribution in [0.15, 0.2) is 30.3 Å². The predicted molar refractivity (Wildman–Crippen MR) is 99.4 cm³/mol. The molecule has 0 aromatic heterocycles. The molecule has 1 saturated heterocycles. The third kappa shape index (κ3) is 5.35. The summed E-state index contributed by atoms with van der Waals surface area (Å²) < 4.78 is 65.0. The van der Waals surface area contributed by atoms with Gasteiger partial charge >= 0.3 is 5.97 Å². The molecule has 0 amide bonds. The Labute approximate surface area is 166 Å². The van der Waals surface area contributed by atoms with E-state index in [4.69, 9.17) is 9.47 Å². The smallest absolute Gasteiger partial charge is 0.338 e. The first-order valence-corrected chi connectivity index (χ1v) is 9.64. The normalized spacial score (nSPS) is 16.5. The van der Waals surface area contributed by atoms with Gasteiger partial charge in [0.05, 0.1) is 24.9 Å². The van der Waals surface area contributed by atoms with Crippen LogP contribution < -0.4 is 0 Å². The molecule has 3 nitrogen and oxygen atoms in total. The molecule has 2 aromatic rings. The Bertz CT molecular complexity index is 857. The van der Waals surface area contributed by atoms with E-state index in [1.54, 1.807) is 0 Å². The maximum Gasteiger partial charge on any atom is 0.338 e. The van der Waals surface area contributed by atoms with Gasteiger partial charge in [-0.2, -0.15) is 0 Å². The SMILES string of the molecule is CCCCCC(COC(=O)c1ccc(-c2cc(F)c(F)c(F)c2)c(F)c1)C1CO1. The van der Waals surface area contributed by atoms with Crippen molar-refractivity contribution in [3.8, 4) is 11.1 Å². The first kappa shape index (κ1) is 21.3. The molecule has 0 radical (unpaired) electrons. The van der Waals surface area contributed by atoms with E-state index >= 15 is 0 Å². The highest BCUT2D eigenvalue weighted by Gasteiger charge is 2.33. The summed E-state index contributed by atoms with van der Waals surface area (Å²) >= 11 is 0. The molecule has 2 aromatic carbocycles. The molecule has 0 aliphatic carbocycles. The van der Waals surface area contributed by atoms with Crippen LogP contribution in [0, 0.1) is 29.2 Å². The topological polar surface area (TPSA) is 38.8 Å². The number of rotatable bonds is 9. The number of halogens is 4. The Morgan fingerprint density at radius 1 is 1.10 bits per heavy atom. The second kappa shape index (κ2) is 9.39. The van der Waals surface area contributed by atoms with Crippen LogP contribution in [0.4, 0.5) is 17.6 Å². The third-order valence-corrected chi connectivity index (χ3v) is 4.99.